The molecule has 0 bridgehead atoms. The molecule has 8 nitrogen and oxygen atoms in total. The molecule has 30 heavy (non-hydrogen) atoms. The number of amides is 1. The SMILES string of the molecule is O=C(NCCCCCc1nnc2ccccn12)C1CCCN(c2ccc(Cl)nn2)C1. The molecule has 1 aliphatic heterocycles. The lowest BCUT2D eigenvalue weighted by Gasteiger charge is -2.32. The zero-order valence-electron chi connectivity index (χ0n) is 16.9. The van der Waals surface area contributed by atoms with E-state index in [1.807, 2.05) is 34.9 Å². The van der Waals surface area contributed by atoms with E-state index >= 15 is 0 Å². The number of rotatable bonds is 8. The third kappa shape index (κ3) is 5.05. The van der Waals surface area contributed by atoms with Crippen molar-refractivity contribution < 1.29 is 4.79 Å². The number of fused-ring (bicyclic) bond motifs is 1. The first-order valence-corrected chi connectivity index (χ1v) is 10.9. The number of carbonyl (C=O) groups is 1. The highest BCUT2D eigenvalue weighted by Crippen LogP contribution is 2.22. The molecule has 3 aromatic heterocycles. The van der Waals surface area contributed by atoms with Gasteiger partial charge >= 0.3 is 0 Å². The van der Waals surface area contributed by atoms with Crippen molar-refractivity contribution in [2.45, 2.75) is 38.5 Å². The summed E-state index contributed by atoms with van der Waals surface area (Å²) < 4.78 is 2.03. The molecular formula is C21H26ClN7O. The number of halogens is 1. The summed E-state index contributed by atoms with van der Waals surface area (Å²) in [6.45, 7) is 2.26. The van der Waals surface area contributed by atoms with Gasteiger partial charge in [-0.3, -0.25) is 9.20 Å². The summed E-state index contributed by atoms with van der Waals surface area (Å²) in [6.07, 6.45) is 7.78. The fourth-order valence-corrected chi connectivity index (χ4v) is 3.98. The van der Waals surface area contributed by atoms with E-state index in [4.69, 9.17) is 11.6 Å². The van der Waals surface area contributed by atoms with Crippen molar-refractivity contribution in [1.82, 2.24) is 30.1 Å². The molecule has 0 radical (unpaired) electrons. The van der Waals surface area contributed by atoms with Gasteiger partial charge in [-0.15, -0.1) is 20.4 Å². The minimum Gasteiger partial charge on any atom is -0.356 e. The van der Waals surface area contributed by atoms with Crippen LogP contribution in [0.4, 0.5) is 5.82 Å². The summed E-state index contributed by atoms with van der Waals surface area (Å²) in [6, 6.07) is 9.49. The molecule has 0 aromatic carbocycles. The van der Waals surface area contributed by atoms with Crippen molar-refractivity contribution >= 4 is 29.0 Å². The van der Waals surface area contributed by atoms with Gasteiger partial charge in [0.1, 0.15) is 5.82 Å². The summed E-state index contributed by atoms with van der Waals surface area (Å²) in [7, 11) is 0. The van der Waals surface area contributed by atoms with E-state index in [0.717, 1.165) is 62.4 Å². The van der Waals surface area contributed by atoms with E-state index in [1.54, 1.807) is 6.07 Å². The Hall–Kier alpha value is -2.74. The van der Waals surface area contributed by atoms with Crippen LogP contribution in [0.3, 0.4) is 0 Å². The number of aromatic nitrogens is 5. The summed E-state index contributed by atoms with van der Waals surface area (Å²) in [5, 5.41) is 20.0. The number of piperidine rings is 1. The maximum Gasteiger partial charge on any atom is 0.224 e. The number of nitrogens with zero attached hydrogens (tertiary/aromatic N) is 6. The van der Waals surface area contributed by atoms with E-state index in [9.17, 15) is 4.79 Å². The van der Waals surface area contributed by atoms with Gasteiger partial charge in [0.2, 0.25) is 5.91 Å². The quantitative estimate of drug-likeness (QED) is 0.556. The van der Waals surface area contributed by atoms with Crippen molar-refractivity contribution in [3.63, 3.8) is 0 Å². The monoisotopic (exact) mass is 427 g/mol. The van der Waals surface area contributed by atoms with E-state index < -0.39 is 0 Å². The summed E-state index contributed by atoms with van der Waals surface area (Å²) >= 11 is 5.81. The Balaban J connectivity index is 1.16. The summed E-state index contributed by atoms with van der Waals surface area (Å²) in [5.41, 5.74) is 0.880. The Labute approximate surface area is 180 Å². The molecule has 3 aromatic rings. The van der Waals surface area contributed by atoms with Gasteiger partial charge in [0, 0.05) is 32.3 Å². The van der Waals surface area contributed by atoms with Crippen LogP contribution in [0, 0.1) is 5.92 Å². The van der Waals surface area contributed by atoms with E-state index in [-0.39, 0.29) is 11.8 Å². The molecule has 1 fully saturated rings. The first kappa shape index (κ1) is 20.5. The van der Waals surface area contributed by atoms with Crippen molar-refractivity contribution in [3.8, 4) is 0 Å². The van der Waals surface area contributed by atoms with Crippen LogP contribution >= 0.6 is 11.6 Å². The zero-order chi connectivity index (χ0) is 20.8. The fourth-order valence-electron chi connectivity index (χ4n) is 3.88. The molecule has 4 rings (SSSR count). The molecule has 1 aliphatic rings. The number of unbranched alkanes of at least 4 members (excludes halogenated alkanes) is 2. The fraction of sp³-hybridized carbons (Fsp3) is 0.476. The van der Waals surface area contributed by atoms with Crippen molar-refractivity contribution in [2.75, 3.05) is 24.5 Å². The topological polar surface area (TPSA) is 88.3 Å². The predicted molar refractivity (Wildman–Crippen MR) is 116 cm³/mol. The molecule has 0 aliphatic carbocycles. The Morgan fingerprint density at radius 3 is 2.90 bits per heavy atom. The van der Waals surface area contributed by atoms with Crippen LogP contribution in [0.5, 0.6) is 0 Å². The second-order valence-electron chi connectivity index (χ2n) is 7.65. The highest BCUT2D eigenvalue weighted by Gasteiger charge is 2.26. The molecule has 4 heterocycles. The third-order valence-corrected chi connectivity index (χ3v) is 5.70. The minimum atomic E-state index is -0.0152. The maximum absolute atomic E-state index is 12.6. The first-order valence-electron chi connectivity index (χ1n) is 10.5. The molecule has 1 atom stereocenters. The Bertz CT molecular complexity index is 975. The van der Waals surface area contributed by atoms with Crippen LogP contribution in [0.2, 0.25) is 5.15 Å². The smallest absolute Gasteiger partial charge is 0.224 e. The average molecular weight is 428 g/mol. The number of carbonyl (C=O) groups excluding carboxylic acids is 1. The Morgan fingerprint density at radius 1 is 1.10 bits per heavy atom. The second kappa shape index (κ2) is 9.84. The lowest BCUT2D eigenvalue weighted by atomic mass is 9.97. The molecule has 1 saturated heterocycles. The van der Waals surface area contributed by atoms with Crippen LogP contribution in [0.15, 0.2) is 36.5 Å². The van der Waals surface area contributed by atoms with Crippen LogP contribution in [-0.4, -0.2) is 50.3 Å². The molecule has 1 N–H and O–H groups in total. The van der Waals surface area contributed by atoms with Crippen molar-refractivity contribution in [3.05, 3.63) is 47.5 Å². The van der Waals surface area contributed by atoms with Gasteiger partial charge in [-0.05, 0) is 49.9 Å². The highest BCUT2D eigenvalue weighted by atomic mass is 35.5. The number of hydrogen-bond donors (Lipinski definition) is 1. The normalized spacial score (nSPS) is 16.7. The van der Waals surface area contributed by atoms with Gasteiger partial charge in [-0.25, -0.2) is 0 Å². The Kier molecular flexibility index (Phi) is 6.74. The summed E-state index contributed by atoms with van der Waals surface area (Å²) in [5.74, 6) is 1.88. The number of hydrogen-bond acceptors (Lipinski definition) is 6. The Morgan fingerprint density at radius 2 is 2.03 bits per heavy atom. The van der Waals surface area contributed by atoms with E-state index in [0.29, 0.717) is 18.2 Å². The highest BCUT2D eigenvalue weighted by molar-refractivity contribution is 6.29. The van der Waals surface area contributed by atoms with Crippen LogP contribution in [-0.2, 0) is 11.2 Å². The van der Waals surface area contributed by atoms with Crippen molar-refractivity contribution in [1.29, 1.82) is 0 Å². The minimum absolute atomic E-state index is 0.0152. The number of aryl methyl sites for hydroxylation is 1. The van der Waals surface area contributed by atoms with Gasteiger partial charge in [-0.2, -0.15) is 0 Å². The van der Waals surface area contributed by atoms with Gasteiger partial charge in [0.15, 0.2) is 16.6 Å². The van der Waals surface area contributed by atoms with Crippen LogP contribution in [0.1, 0.15) is 37.9 Å². The number of anilines is 1. The van der Waals surface area contributed by atoms with Gasteiger partial charge in [0.25, 0.3) is 0 Å². The molecule has 1 amide bonds. The van der Waals surface area contributed by atoms with Crippen LogP contribution < -0.4 is 10.2 Å². The number of pyridine rings is 1. The maximum atomic E-state index is 12.6. The molecule has 0 saturated carbocycles. The zero-order valence-corrected chi connectivity index (χ0v) is 17.6. The lowest BCUT2D eigenvalue weighted by molar-refractivity contribution is -0.125. The third-order valence-electron chi connectivity index (χ3n) is 5.49. The van der Waals surface area contributed by atoms with E-state index in [1.165, 1.54) is 0 Å². The largest absolute Gasteiger partial charge is 0.356 e. The molecule has 0 spiro atoms. The summed E-state index contributed by atoms with van der Waals surface area (Å²) in [4.78, 5) is 14.7. The molecule has 9 heteroatoms. The molecule has 1 unspecified atom stereocenters. The number of nitrogens with one attached hydrogen (secondary N) is 1. The molecule has 158 valence electrons. The second-order valence-corrected chi connectivity index (χ2v) is 8.03. The lowest BCUT2D eigenvalue weighted by Crippen LogP contribution is -2.43. The van der Waals surface area contributed by atoms with Gasteiger partial charge < -0.3 is 10.2 Å². The van der Waals surface area contributed by atoms with Crippen LogP contribution in [0.25, 0.3) is 5.65 Å². The average Bonchev–Trinajstić information content (AvgIpc) is 3.20. The standard InChI is InChI=1S/C21H26ClN7O/c22-17-10-11-18(25-24-17)28-13-6-7-16(15-28)21(30)23-12-4-1-2-8-19-26-27-20-9-3-5-14-29(19)20/h3,5,9-11,14,16H,1-2,4,6-8,12-13,15H2,(H,23,30). The molecular weight excluding hydrogens is 402 g/mol. The van der Waals surface area contributed by atoms with Crippen molar-refractivity contribution in [2.24, 2.45) is 5.92 Å². The van der Waals surface area contributed by atoms with Gasteiger partial charge in [-0.1, -0.05) is 24.1 Å². The predicted octanol–water partition coefficient (Wildman–Crippen LogP) is 2.92. The van der Waals surface area contributed by atoms with E-state index in [2.05, 4.69) is 30.6 Å². The first-order chi connectivity index (χ1) is 14.7. The van der Waals surface area contributed by atoms with Gasteiger partial charge in [0.05, 0.1) is 5.92 Å².